The third-order valence-corrected chi connectivity index (χ3v) is 3.12. The predicted octanol–water partition coefficient (Wildman–Crippen LogP) is 2.67. The highest BCUT2D eigenvalue weighted by Crippen LogP contribution is 2.28. The summed E-state index contributed by atoms with van der Waals surface area (Å²) < 4.78 is 17.7. The number of halogens is 3. The Hall–Kier alpha value is -1.37. The van der Waals surface area contributed by atoms with E-state index in [-0.39, 0.29) is 16.6 Å². The zero-order valence-corrected chi connectivity index (χ0v) is 12.3. The highest BCUT2D eigenvalue weighted by Gasteiger charge is 2.15. The largest absolute Gasteiger partial charge is 0.453 e. The van der Waals surface area contributed by atoms with Gasteiger partial charge in [0.1, 0.15) is 5.82 Å². The summed E-state index contributed by atoms with van der Waals surface area (Å²) in [5.74, 6) is -1.17. The third-order valence-electron chi connectivity index (χ3n) is 2.50. The van der Waals surface area contributed by atoms with Crippen LogP contribution in [0.25, 0.3) is 0 Å². The van der Waals surface area contributed by atoms with Crippen molar-refractivity contribution in [3.63, 3.8) is 0 Å². The first-order valence-electron chi connectivity index (χ1n) is 5.60. The maximum absolute atomic E-state index is 13.4. The molecule has 2 N–H and O–H groups in total. The highest BCUT2D eigenvalue weighted by atomic mass is 35.5. The minimum Gasteiger partial charge on any atom is -0.453 e. The fourth-order valence-electron chi connectivity index (χ4n) is 1.43. The molecule has 0 heterocycles. The van der Waals surface area contributed by atoms with Crippen LogP contribution in [-0.2, 0) is 9.53 Å². The quantitative estimate of drug-likeness (QED) is 0.836. The molecular formula is C12H13Cl2FN2O3. The summed E-state index contributed by atoms with van der Waals surface area (Å²) in [5, 5.41) is 4.99. The summed E-state index contributed by atoms with van der Waals surface area (Å²) in [4.78, 5) is 22.2. The van der Waals surface area contributed by atoms with E-state index in [4.69, 9.17) is 23.2 Å². The van der Waals surface area contributed by atoms with Gasteiger partial charge in [-0.05, 0) is 24.6 Å². The number of hydrogen-bond acceptors (Lipinski definition) is 4. The average molecular weight is 323 g/mol. The fourth-order valence-corrected chi connectivity index (χ4v) is 1.98. The number of benzene rings is 1. The number of methoxy groups -OCH3 is 1. The lowest BCUT2D eigenvalue weighted by Crippen LogP contribution is -2.38. The summed E-state index contributed by atoms with van der Waals surface area (Å²) >= 11 is 11.5. The van der Waals surface area contributed by atoms with Gasteiger partial charge in [0.15, 0.2) is 0 Å². The first kappa shape index (κ1) is 16.7. The van der Waals surface area contributed by atoms with Gasteiger partial charge in [0.2, 0.25) is 5.91 Å². The summed E-state index contributed by atoms with van der Waals surface area (Å²) in [6.45, 7) is 1.54. The van der Waals surface area contributed by atoms with E-state index >= 15 is 0 Å². The van der Waals surface area contributed by atoms with Crippen LogP contribution in [0.3, 0.4) is 0 Å². The normalized spacial score (nSPS) is 11.8. The van der Waals surface area contributed by atoms with Crippen LogP contribution in [0.1, 0.15) is 18.5 Å². The van der Waals surface area contributed by atoms with Crippen molar-refractivity contribution in [1.29, 1.82) is 0 Å². The molecule has 0 saturated heterocycles. The standard InChI is InChI=1S/C12H13Cl2FN2O3/c1-6(16-5-11(18)17-12(19)20-2)7-3-10(15)9(14)4-8(7)13/h3-4,6,16H,5H2,1-2H3,(H,17,18,19)/t6-/m1/s1. The van der Waals surface area contributed by atoms with E-state index in [0.29, 0.717) is 5.56 Å². The van der Waals surface area contributed by atoms with Crippen LogP contribution in [0.4, 0.5) is 9.18 Å². The molecule has 0 saturated carbocycles. The molecule has 0 aromatic heterocycles. The lowest BCUT2D eigenvalue weighted by molar-refractivity contribution is -0.119. The maximum atomic E-state index is 13.4. The lowest BCUT2D eigenvalue weighted by atomic mass is 10.1. The van der Waals surface area contributed by atoms with Gasteiger partial charge < -0.3 is 10.1 Å². The van der Waals surface area contributed by atoms with Gasteiger partial charge >= 0.3 is 6.09 Å². The Kier molecular flexibility index (Phi) is 6.19. The smallest absolute Gasteiger partial charge is 0.413 e. The topological polar surface area (TPSA) is 67.4 Å². The van der Waals surface area contributed by atoms with Gasteiger partial charge in [-0.15, -0.1) is 0 Å². The van der Waals surface area contributed by atoms with Crippen LogP contribution in [0.5, 0.6) is 0 Å². The lowest BCUT2D eigenvalue weighted by Gasteiger charge is -2.15. The Morgan fingerprint density at radius 3 is 2.60 bits per heavy atom. The Balaban J connectivity index is 2.63. The summed E-state index contributed by atoms with van der Waals surface area (Å²) in [5.41, 5.74) is 0.458. The second-order valence-corrected chi connectivity index (χ2v) is 4.74. The van der Waals surface area contributed by atoms with Crippen molar-refractivity contribution in [1.82, 2.24) is 10.6 Å². The molecule has 0 aliphatic carbocycles. The highest BCUT2D eigenvalue weighted by molar-refractivity contribution is 6.35. The molecule has 0 spiro atoms. The average Bonchev–Trinajstić information content (AvgIpc) is 2.40. The molecule has 0 unspecified atom stereocenters. The minimum atomic E-state index is -0.847. The number of carbonyl (C=O) groups is 2. The van der Waals surface area contributed by atoms with Gasteiger partial charge in [0.25, 0.3) is 0 Å². The summed E-state index contributed by atoms with van der Waals surface area (Å²) in [6, 6.07) is 2.08. The van der Waals surface area contributed by atoms with E-state index in [1.54, 1.807) is 6.92 Å². The first-order chi connectivity index (χ1) is 9.35. The molecule has 0 fully saturated rings. The van der Waals surface area contributed by atoms with Crippen molar-refractivity contribution < 1.29 is 18.7 Å². The van der Waals surface area contributed by atoms with Crippen molar-refractivity contribution in [3.8, 4) is 0 Å². The number of hydrogen-bond donors (Lipinski definition) is 2. The zero-order valence-electron chi connectivity index (χ0n) is 10.8. The number of carbonyl (C=O) groups excluding carboxylic acids is 2. The van der Waals surface area contributed by atoms with Gasteiger partial charge in [-0.25, -0.2) is 9.18 Å². The Bertz CT molecular complexity index is 526. The van der Waals surface area contributed by atoms with Gasteiger partial charge in [-0.2, -0.15) is 0 Å². The van der Waals surface area contributed by atoms with Gasteiger partial charge in [0, 0.05) is 11.1 Å². The molecule has 110 valence electrons. The van der Waals surface area contributed by atoms with Gasteiger partial charge in [-0.3, -0.25) is 10.1 Å². The van der Waals surface area contributed by atoms with E-state index in [1.165, 1.54) is 12.1 Å². The molecule has 0 bridgehead atoms. The molecule has 1 aromatic carbocycles. The van der Waals surface area contributed by atoms with E-state index in [1.807, 2.05) is 5.32 Å². The molecule has 1 rings (SSSR count). The SMILES string of the molecule is COC(=O)NC(=O)CN[C@H](C)c1cc(F)c(Cl)cc1Cl. The Morgan fingerprint density at radius 1 is 1.35 bits per heavy atom. The van der Waals surface area contributed by atoms with E-state index in [0.717, 1.165) is 7.11 Å². The number of nitrogens with one attached hydrogen (secondary N) is 2. The summed E-state index contributed by atoms with van der Waals surface area (Å²) in [7, 11) is 1.15. The van der Waals surface area contributed by atoms with E-state index < -0.39 is 23.9 Å². The molecule has 8 heteroatoms. The zero-order chi connectivity index (χ0) is 15.3. The Morgan fingerprint density at radius 2 is 2.00 bits per heavy atom. The number of rotatable bonds is 4. The number of imide groups is 1. The number of amides is 2. The molecule has 1 aromatic rings. The van der Waals surface area contributed by atoms with E-state index in [9.17, 15) is 14.0 Å². The van der Waals surface area contributed by atoms with Crippen LogP contribution in [0, 0.1) is 5.82 Å². The van der Waals surface area contributed by atoms with Gasteiger partial charge in [0.05, 0.1) is 18.7 Å². The third kappa shape index (κ3) is 4.63. The first-order valence-corrected chi connectivity index (χ1v) is 6.36. The number of ether oxygens (including phenoxy) is 1. The van der Waals surface area contributed by atoms with Crippen LogP contribution < -0.4 is 10.6 Å². The van der Waals surface area contributed by atoms with Gasteiger partial charge in [-0.1, -0.05) is 23.2 Å². The molecular weight excluding hydrogens is 310 g/mol. The monoisotopic (exact) mass is 322 g/mol. The molecule has 0 aliphatic heterocycles. The van der Waals surface area contributed by atoms with Crippen molar-refractivity contribution >= 4 is 35.2 Å². The molecule has 5 nitrogen and oxygen atoms in total. The second kappa shape index (κ2) is 7.42. The second-order valence-electron chi connectivity index (χ2n) is 3.93. The van der Waals surface area contributed by atoms with Crippen molar-refractivity contribution in [2.75, 3.05) is 13.7 Å². The minimum absolute atomic E-state index is 0.0746. The molecule has 20 heavy (non-hydrogen) atoms. The van der Waals surface area contributed by atoms with Crippen molar-refractivity contribution in [2.24, 2.45) is 0 Å². The van der Waals surface area contributed by atoms with Crippen LogP contribution >= 0.6 is 23.2 Å². The fraction of sp³-hybridized carbons (Fsp3) is 0.333. The van der Waals surface area contributed by atoms with Crippen LogP contribution in [-0.4, -0.2) is 25.7 Å². The number of alkyl carbamates (subject to hydrolysis) is 1. The molecule has 2 amide bonds. The maximum Gasteiger partial charge on any atom is 0.413 e. The molecule has 0 aliphatic rings. The molecule has 0 radical (unpaired) electrons. The molecule has 1 atom stereocenters. The van der Waals surface area contributed by atoms with Crippen LogP contribution in [0.15, 0.2) is 12.1 Å². The Labute approximate surface area is 125 Å². The van der Waals surface area contributed by atoms with E-state index in [2.05, 4.69) is 10.1 Å². The van der Waals surface area contributed by atoms with Crippen molar-refractivity contribution in [2.45, 2.75) is 13.0 Å². The van der Waals surface area contributed by atoms with Crippen LogP contribution in [0.2, 0.25) is 10.0 Å². The summed E-state index contributed by atoms with van der Waals surface area (Å²) in [6.07, 6.45) is -0.847. The van der Waals surface area contributed by atoms with Crippen molar-refractivity contribution in [3.05, 3.63) is 33.6 Å². The predicted molar refractivity (Wildman–Crippen MR) is 73.4 cm³/mol.